The molecule has 0 aliphatic carbocycles. The van der Waals surface area contributed by atoms with Gasteiger partial charge >= 0.3 is 18.3 Å². The van der Waals surface area contributed by atoms with Gasteiger partial charge in [-0.3, -0.25) is 4.57 Å². The summed E-state index contributed by atoms with van der Waals surface area (Å²) in [5.74, 6) is 0.0941. The quantitative estimate of drug-likeness (QED) is 0.460. The second kappa shape index (κ2) is 6.96. The predicted octanol–water partition coefficient (Wildman–Crippen LogP) is -1.61. The number of nitrogen functional groups attached to an aromatic ring is 1. The Bertz CT molecular complexity index is 984. The van der Waals surface area contributed by atoms with Crippen molar-refractivity contribution < 1.29 is 40.7 Å². The Morgan fingerprint density at radius 3 is 2.69 bits per heavy atom. The van der Waals surface area contributed by atoms with Crippen molar-refractivity contribution in [3.8, 4) is 0 Å². The van der Waals surface area contributed by atoms with Crippen LogP contribution in [0, 0.1) is 0 Å². The summed E-state index contributed by atoms with van der Waals surface area (Å²) < 4.78 is 57.6. The number of aliphatic hydroxyl groups is 2. The zero-order valence-corrected chi connectivity index (χ0v) is 14.4. The Hall–Kier alpha value is -2.00. The summed E-state index contributed by atoms with van der Waals surface area (Å²) in [6, 6.07) is 0. The molecule has 1 aliphatic heterocycles. The van der Waals surface area contributed by atoms with Gasteiger partial charge in [0.15, 0.2) is 17.7 Å². The Morgan fingerprint density at radius 2 is 2.00 bits per heavy atom. The van der Waals surface area contributed by atoms with E-state index in [1.165, 1.54) is 17.2 Å². The number of rotatable bonds is 6. The van der Waals surface area contributed by atoms with Crippen LogP contribution < -0.4 is 5.73 Å². The van der Waals surface area contributed by atoms with Crippen molar-refractivity contribution in [2.24, 2.45) is 0 Å². The maximum absolute atomic E-state index is 11.2. The minimum Gasteiger partial charge on any atom is -0.387 e. The standard InChI is InChI=1S/C10H12N5O9PS/c11-8-5-9(13-2-12-8)15(3-14-5)10-7(17)6(16)4(23-10)1-22-26(20,21)24-25(18)19/h2-4,6-7,10,16-17H,1H2,(H2,11,12,13)/t4-,6-,7-,10-/m1/s1. The van der Waals surface area contributed by atoms with E-state index >= 15 is 0 Å². The van der Waals surface area contributed by atoms with Gasteiger partial charge in [0.05, 0.1) is 12.9 Å². The molecule has 4 N–H and O–H groups in total. The molecule has 2 aromatic rings. The van der Waals surface area contributed by atoms with Gasteiger partial charge in [0.2, 0.25) is 0 Å². The van der Waals surface area contributed by atoms with E-state index in [9.17, 15) is 27.8 Å². The second-order valence-corrected chi connectivity index (χ2v) is 7.22. The number of nitrogens with zero attached hydrogens (tertiary/aromatic N) is 4. The largest absolute Gasteiger partial charge is 0.485 e. The summed E-state index contributed by atoms with van der Waals surface area (Å²) in [6.45, 7) is -0.802. The fourth-order valence-electron chi connectivity index (χ4n) is 2.40. The molecule has 0 saturated carbocycles. The number of fused-ring (bicyclic) bond motifs is 1. The first-order valence-corrected chi connectivity index (χ1v) is 9.30. The maximum atomic E-state index is 11.2. The monoisotopic (exact) mass is 409 g/mol. The molecule has 0 bridgehead atoms. The molecule has 26 heavy (non-hydrogen) atoms. The topological polar surface area (TPSA) is 206 Å². The van der Waals surface area contributed by atoms with Crippen LogP contribution in [-0.4, -0.2) is 63.1 Å². The van der Waals surface area contributed by atoms with E-state index in [0.717, 1.165) is 0 Å². The third kappa shape index (κ3) is 3.59. The lowest BCUT2D eigenvalue weighted by atomic mass is 10.1. The molecule has 0 amide bonds. The molecule has 14 nitrogen and oxygen atoms in total. The van der Waals surface area contributed by atoms with E-state index in [1.54, 1.807) is 0 Å². The number of aliphatic hydroxyl groups excluding tert-OH is 2. The molecule has 1 saturated heterocycles. The number of hydrogen-bond donors (Lipinski definition) is 3. The molecule has 4 atom stereocenters. The highest BCUT2D eigenvalue weighted by molar-refractivity contribution is 7.84. The molecular formula is C10H12N5O9PS. The average Bonchev–Trinajstić information content (AvgIpc) is 3.08. The molecule has 2 aromatic heterocycles. The highest BCUT2D eigenvalue weighted by Gasteiger charge is 2.45. The number of nitrogens with two attached hydrogens (primary N) is 1. The Balaban J connectivity index is 1.78. The van der Waals surface area contributed by atoms with Crippen LogP contribution in [0.3, 0.4) is 0 Å². The maximum Gasteiger partial charge on any atom is 0.485 e. The Morgan fingerprint density at radius 1 is 1.27 bits per heavy atom. The van der Waals surface area contributed by atoms with Crippen molar-refractivity contribution in [1.29, 1.82) is 0 Å². The fourth-order valence-corrected chi connectivity index (χ4v) is 3.47. The molecule has 0 spiro atoms. The lowest BCUT2D eigenvalue weighted by Crippen LogP contribution is -2.34. The number of imidazole rings is 1. The predicted molar refractivity (Wildman–Crippen MR) is 79.9 cm³/mol. The highest BCUT2D eigenvalue weighted by Crippen LogP contribution is 2.32. The third-order valence-electron chi connectivity index (χ3n) is 3.53. The SMILES string of the molecule is Nc1ncnc2c1ncn2[C@@H]1O[C@H](COS(=O)(=O)OP(=O)=O)[C@@H](O)[C@H]1O. The van der Waals surface area contributed by atoms with Crippen LogP contribution >= 0.6 is 7.91 Å². The van der Waals surface area contributed by atoms with Gasteiger partial charge in [-0.2, -0.15) is 8.42 Å². The lowest BCUT2D eigenvalue weighted by molar-refractivity contribution is -0.0476. The first kappa shape index (κ1) is 18.8. The van der Waals surface area contributed by atoms with Crippen molar-refractivity contribution >= 4 is 35.3 Å². The van der Waals surface area contributed by atoms with Gasteiger partial charge in [-0.15, -0.1) is 3.97 Å². The zero-order chi connectivity index (χ0) is 19.1. The number of hydrogen-bond acceptors (Lipinski definition) is 13. The summed E-state index contributed by atoms with van der Waals surface area (Å²) in [5, 5.41) is 20.2. The summed E-state index contributed by atoms with van der Waals surface area (Å²) in [5.41, 5.74) is 6.12. The summed E-state index contributed by atoms with van der Waals surface area (Å²) in [7, 11) is -8.54. The van der Waals surface area contributed by atoms with Gasteiger partial charge in [0, 0.05) is 0 Å². The van der Waals surface area contributed by atoms with Crippen LogP contribution in [0.1, 0.15) is 6.23 Å². The van der Waals surface area contributed by atoms with Gasteiger partial charge in [0.1, 0.15) is 30.2 Å². The van der Waals surface area contributed by atoms with E-state index in [0.29, 0.717) is 0 Å². The van der Waals surface area contributed by atoms with Crippen LogP contribution in [-0.2, 0) is 32.4 Å². The summed E-state index contributed by atoms with van der Waals surface area (Å²) in [6.07, 6.45) is -3.11. The van der Waals surface area contributed by atoms with Crippen LogP contribution in [0.25, 0.3) is 11.2 Å². The molecule has 0 unspecified atom stereocenters. The molecule has 142 valence electrons. The first-order valence-electron chi connectivity index (χ1n) is 6.87. The Kier molecular flexibility index (Phi) is 5.03. The highest BCUT2D eigenvalue weighted by atomic mass is 32.3. The molecule has 3 heterocycles. The zero-order valence-electron chi connectivity index (χ0n) is 12.6. The summed E-state index contributed by atoms with van der Waals surface area (Å²) in [4.78, 5) is 11.7. The minimum absolute atomic E-state index is 0.0941. The van der Waals surface area contributed by atoms with Crippen molar-refractivity contribution in [3.05, 3.63) is 12.7 Å². The Labute approximate surface area is 145 Å². The molecule has 3 rings (SSSR count). The molecule has 0 aromatic carbocycles. The smallest absolute Gasteiger partial charge is 0.387 e. The minimum atomic E-state index is -4.85. The van der Waals surface area contributed by atoms with E-state index in [2.05, 4.69) is 23.1 Å². The van der Waals surface area contributed by atoms with Crippen molar-refractivity contribution in [2.75, 3.05) is 12.3 Å². The third-order valence-corrected chi connectivity index (χ3v) is 5.17. The summed E-state index contributed by atoms with van der Waals surface area (Å²) >= 11 is 0. The number of aromatic nitrogens is 4. The molecule has 16 heteroatoms. The molecule has 1 aliphatic rings. The number of ether oxygens (including phenoxy) is 1. The molecule has 0 radical (unpaired) electrons. The van der Waals surface area contributed by atoms with Crippen LogP contribution in [0.5, 0.6) is 0 Å². The average molecular weight is 409 g/mol. The van der Waals surface area contributed by atoms with E-state index in [4.69, 9.17) is 10.5 Å². The van der Waals surface area contributed by atoms with Gasteiger partial charge in [0.25, 0.3) is 0 Å². The van der Waals surface area contributed by atoms with Gasteiger partial charge in [-0.05, 0) is 0 Å². The lowest BCUT2D eigenvalue weighted by Gasteiger charge is -2.16. The molecule has 1 fully saturated rings. The van der Waals surface area contributed by atoms with Crippen LogP contribution in [0.15, 0.2) is 12.7 Å². The van der Waals surface area contributed by atoms with Gasteiger partial charge in [-0.25, -0.2) is 28.3 Å². The van der Waals surface area contributed by atoms with E-state index in [-0.39, 0.29) is 17.0 Å². The first-order chi connectivity index (χ1) is 12.2. The normalized spacial score (nSPS) is 26.4. The van der Waals surface area contributed by atoms with Crippen molar-refractivity contribution in [1.82, 2.24) is 19.5 Å². The molecular weight excluding hydrogens is 397 g/mol. The fraction of sp³-hybridized carbons (Fsp3) is 0.500. The van der Waals surface area contributed by atoms with Crippen LogP contribution in [0.4, 0.5) is 5.82 Å². The van der Waals surface area contributed by atoms with Gasteiger partial charge in [-0.1, -0.05) is 0 Å². The van der Waals surface area contributed by atoms with E-state index in [1.807, 2.05) is 0 Å². The van der Waals surface area contributed by atoms with E-state index < -0.39 is 49.5 Å². The van der Waals surface area contributed by atoms with Crippen LogP contribution in [0.2, 0.25) is 0 Å². The van der Waals surface area contributed by atoms with Crippen molar-refractivity contribution in [3.63, 3.8) is 0 Å². The van der Waals surface area contributed by atoms with Crippen molar-refractivity contribution in [2.45, 2.75) is 24.5 Å². The second-order valence-electron chi connectivity index (χ2n) is 5.12. The number of anilines is 1. The van der Waals surface area contributed by atoms with Gasteiger partial charge < -0.3 is 20.7 Å².